The normalized spacial score (nSPS) is 18.5. The number of benzene rings is 2. The molecule has 2 amide bonds. The lowest BCUT2D eigenvalue weighted by atomic mass is 9.96. The van der Waals surface area contributed by atoms with E-state index in [-0.39, 0.29) is 17.9 Å². The molecule has 0 radical (unpaired) electrons. The summed E-state index contributed by atoms with van der Waals surface area (Å²) in [5.41, 5.74) is 6.35. The number of primary amides is 1. The minimum Gasteiger partial charge on any atom is -0.448 e. The number of nitrogens with two attached hydrogens (primary N) is 1. The zero-order valence-electron chi connectivity index (χ0n) is 20.6. The number of thioether (sulfide) groups is 1. The number of carbonyl (C=O) groups is 3. The van der Waals surface area contributed by atoms with Gasteiger partial charge in [-0.1, -0.05) is 36.4 Å². The summed E-state index contributed by atoms with van der Waals surface area (Å²) < 4.78 is 0. The molecule has 0 aromatic heterocycles. The van der Waals surface area contributed by atoms with Gasteiger partial charge in [-0.25, -0.2) is 4.79 Å². The molecule has 0 saturated carbocycles. The summed E-state index contributed by atoms with van der Waals surface area (Å²) in [5.74, 6) is 0.529. The van der Waals surface area contributed by atoms with Gasteiger partial charge in [-0.05, 0) is 42.2 Å². The molecule has 11 heteroatoms. The Morgan fingerprint density at radius 3 is 2.41 bits per heavy atom. The van der Waals surface area contributed by atoms with Gasteiger partial charge in [-0.2, -0.15) is 17.0 Å². The number of carbonyl (C=O) groups excluding carboxylic acids is 2. The van der Waals surface area contributed by atoms with Gasteiger partial charge in [0.15, 0.2) is 0 Å². The van der Waals surface area contributed by atoms with Gasteiger partial charge in [0.2, 0.25) is 11.8 Å². The van der Waals surface area contributed by atoms with Crippen molar-refractivity contribution in [1.29, 1.82) is 5.26 Å². The first-order chi connectivity index (χ1) is 17.8. The number of rotatable bonds is 7. The van der Waals surface area contributed by atoms with Crippen LogP contribution < -0.4 is 11.1 Å². The molecule has 1 spiro atoms. The first-order valence-electron chi connectivity index (χ1n) is 11.9. The van der Waals surface area contributed by atoms with Crippen LogP contribution >= 0.6 is 11.8 Å². The molecule has 0 aliphatic carbocycles. The van der Waals surface area contributed by atoms with Crippen LogP contribution in [-0.2, 0) is 16.2 Å². The molecule has 4 N–H and O–H groups in total. The van der Waals surface area contributed by atoms with Crippen molar-refractivity contribution in [2.75, 3.05) is 25.1 Å². The number of carboxylic acid groups (broad SMARTS) is 1. The molecule has 2 aliphatic heterocycles. The van der Waals surface area contributed by atoms with Crippen LogP contribution in [0.2, 0.25) is 0 Å². The highest BCUT2D eigenvalue weighted by molar-refractivity contribution is 7.98. The molecule has 1 atom stereocenters. The topological polar surface area (TPSA) is 149 Å². The number of amides is 2. The second kappa shape index (κ2) is 13.1. The van der Waals surface area contributed by atoms with Crippen LogP contribution in [0, 0.1) is 11.3 Å². The molecule has 196 valence electrons. The van der Waals surface area contributed by atoms with Crippen LogP contribution in [0.3, 0.4) is 0 Å². The largest absolute Gasteiger partial charge is 0.525 e. The summed E-state index contributed by atoms with van der Waals surface area (Å²) in [5, 5.41) is 23.2. The molecule has 4 rings (SSSR count). The first-order valence-corrected chi connectivity index (χ1v) is 13.3. The third kappa shape index (κ3) is 7.22. The third-order valence-corrected chi connectivity index (χ3v) is 7.06. The fourth-order valence-corrected chi connectivity index (χ4v) is 5.01. The van der Waals surface area contributed by atoms with Crippen molar-refractivity contribution in [1.82, 2.24) is 15.3 Å². The molecule has 37 heavy (non-hydrogen) atoms. The van der Waals surface area contributed by atoms with Crippen molar-refractivity contribution >= 4 is 29.7 Å². The Morgan fingerprint density at radius 1 is 1.19 bits per heavy atom. The van der Waals surface area contributed by atoms with Gasteiger partial charge in [-0.3, -0.25) is 14.9 Å². The minimum absolute atomic E-state index is 0.0365. The van der Waals surface area contributed by atoms with E-state index in [1.807, 2.05) is 35.4 Å². The smallest absolute Gasteiger partial charge is 0.448 e. The fourth-order valence-electron chi connectivity index (χ4n) is 4.54. The Bertz CT molecular complexity index is 1130. The van der Waals surface area contributed by atoms with E-state index in [0.29, 0.717) is 43.6 Å². The maximum Gasteiger partial charge on any atom is 0.525 e. The van der Waals surface area contributed by atoms with E-state index in [1.54, 1.807) is 42.1 Å². The van der Waals surface area contributed by atoms with E-state index in [2.05, 4.69) is 11.4 Å². The van der Waals surface area contributed by atoms with Gasteiger partial charge in [0.25, 0.3) is 0 Å². The Kier molecular flexibility index (Phi) is 9.91. The van der Waals surface area contributed by atoms with Crippen molar-refractivity contribution < 1.29 is 24.3 Å². The Hall–Kier alpha value is -3.59. The Morgan fingerprint density at radius 2 is 1.84 bits per heavy atom. The van der Waals surface area contributed by atoms with Crippen molar-refractivity contribution in [2.45, 2.75) is 37.5 Å². The second-order valence-electron chi connectivity index (χ2n) is 8.72. The number of nitrogens with one attached hydrogen (secondary N) is 1. The molecular weight excluding hydrogens is 494 g/mol. The van der Waals surface area contributed by atoms with Crippen molar-refractivity contribution in [3.05, 3.63) is 71.3 Å². The lowest BCUT2D eigenvalue weighted by Crippen LogP contribution is -2.58. The number of piperidine rings is 1. The highest BCUT2D eigenvalue weighted by Gasteiger charge is 2.51. The highest BCUT2D eigenvalue weighted by atomic mass is 32.2. The molecule has 2 aromatic carbocycles. The zero-order valence-corrected chi connectivity index (χ0v) is 21.4. The Balaban J connectivity index is 0.000000356. The van der Waals surface area contributed by atoms with Gasteiger partial charge in [0.1, 0.15) is 0 Å². The number of hydrogen-bond acceptors (Lipinski definition) is 8. The summed E-state index contributed by atoms with van der Waals surface area (Å²) in [7, 11) is 0. The van der Waals surface area contributed by atoms with Crippen molar-refractivity contribution in [3.8, 4) is 6.07 Å². The van der Waals surface area contributed by atoms with Crippen LogP contribution in [0.25, 0.3) is 0 Å². The maximum atomic E-state index is 13.2. The zero-order chi connectivity index (χ0) is 26.8. The molecule has 1 unspecified atom stereocenters. The lowest BCUT2D eigenvalue weighted by molar-refractivity contribution is -0.157. The number of hydroxylamine groups is 2. The van der Waals surface area contributed by atoms with E-state index in [1.165, 1.54) is 5.06 Å². The summed E-state index contributed by atoms with van der Waals surface area (Å²) >= 11 is 1.70. The molecular formula is C26H31N5O5S. The fraction of sp³-hybridized carbons (Fsp3) is 0.385. The van der Waals surface area contributed by atoms with Gasteiger partial charge < -0.3 is 20.6 Å². The van der Waals surface area contributed by atoms with Gasteiger partial charge in [0.05, 0.1) is 23.3 Å². The molecule has 2 aromatic rings. The summed E-state index contributed by atoms with van der Waals surface area (Å²) in [6.45, 7) is 1.15. The van der Waals surface area contributed by atoms with Crippen LogP contribution in [0.15, 0.2) is 54.6 Å². The second-order valence-corrected chi connectivity index (χ2v) is 9.71. The predicted molar refractivity (Wildman–Crippen MR) is 139 cm³/mol. The molecule has 0 bridgehead atoms. The van der Waals surface area contributed by atoms with Crippen LogP contribution in [0.5, 0.6) is 0 Å². The average Bonchev–Trinajstić information content (AvgIpc) is 3.15. The van der Waals surface area contributed by atoms with E-state index in [9.17, 15) is 19.6 Å². The quantitative estimate of drug-likeness (QED) is 0.496. The van der Waals surface area contributed by atoms with Gasteiger partial charge >= 0.3 is 6.16 Å². The van der Waals surface area contributed by atoms with Gasteiger partial charge in [0, 0.05) is 38.0 Å². The standard InChI is InChI=1S/C19H24N4O4S.C7H7NO/c1-28-11-6-16-17(24)23(13-15-5-3-2-4-14(15)12-20)19(21-16)7-9-22(10-8-19)27-18(25)26;8-7(9)6-4-2-1-3-5-6/h2-5,16,21H,6-11,13H2,1H3,(H,25,26);1-5H,(H2,8,9). The Labute approximate surface area is 220 Å². The van der Waals surface area contributed by atoms with Gasteiger partial charge in [-0.15, -0.1) is 5.06 Å². The van der Waals surface area contributed by atoms with Crippen LogP contribution in [-0.4, -0.2) is 69.8 Å². The van der Waals surface area contributed by atoms with Crippen molar-refractivity contribution in [3.63, 3.8) is 0 Å². The molecule has 2 saturated heterocycles. The summed E-state index contributed by atoms with van der Waals surface area (Å²) in [6.07, 6.45) is 2.52. The third-order valence-electron chi connectivity index (χ3n) is 6.42. The van der Waals surface area contributed by atoms with E-state index < -0.39 is 11.8 Å². The predicted octanol–water partition coefficient (Wildman–Crippen LogP) is 2.80. The molecule has 2 aliphatic rings. The maximum absolute atomic E-state index is 13.2. The van der Waals surface area contributed by atoms with Crippen molar-refractivity contribution in [2.24, 2.45) is 5.73 Å². The number of nitrogens with zero attached hydrogens (tertiary/aromatic N) is 3. The molecule has 10 nitrogen and oxygen atoms in total. The molecule has 2 fully saturated rings. The summed E-state index contributed by atoms with van der Waals surface area (Å²) in [4.78, 5) is 41.0. The summed E-state index contributed by atoms with van der Waals surface area (Å²) in [6, 6.07) is 18.0. The number of hydrogen-bond donors (Lipinski definition) is 3. The monoisotopic (exact) mass is 525 g/mol. The average molecular weight is 526 g/mol. The minimum atomic E-state index is -1.33. The van der Waals surface area contributed by atoms with E-state index in [0.717, 1.165) is 17.7 Å². The molecule has 2 heterocycles. The first kappa shape index (κ1) is 28.0. The highest BCUT2D eigenvalue weighted by Crippen LogP contribution is 2.35. The SMILES string of the molecule is CSCCC1NC2(CCN(OC(=O)O)CC2)N(Cc2ccccc2C#N)C1=O.NC(=O)c1ccccc1. The van der Waals surface area contributed by atoms with E-state index >= 15 is 0 Å². The van der Waals surface area contributed by atoms with E-state index in [4.69, 9.17) is 15.7 Å². The van der Waals surface area contributed by atoms with Crippen LogP contribution in [0.4, 0.5) is 4.79 Å². The number of nitriles is 1. The lowest BCUT2D eigenvalue weighted by Gasteiger charge is -2.43. The van der Waals surface area contributed by atoms with Crippen LogP contribution in [0.1, 0.15) is 40.7 Å².